The van der Waals surface area contributed by atoms with Crippen LogP contribution in [0.3, 0.4) is 0 Å². The highest BCUT2D eigenvalue weighted by molar-refractivity contribution is 5.32. The molecule has 1 atom stereocenters. The maximum absolute atomic E-state index is 8.86. The molecule has 1 aromatic rings. The molecular weight excluding hydrogens is 222 g/mol. The number of nitriles is 1. The Morgan fingerprint density at radius 3 is 2.83 bits per heavy atom. The summed E-state index contributed by atoms with van der Waals surface area (Å²) < 4.78 is 0. The van der Waals surface area contributed by atoms with E-state index in [1.54, 1.807) is 0 Å². The standard InChI is InChI=1S/C15H23N3/c1-4-15(17-2)8-9-18(3)12-14-7-5-6-13(10-14)11-16/h5-7,10,15,17H,4,8-9,12H2,1-3H3. The molecule has 1 N–H and O–H groups in total. The second-order valence-electron chi connectivity index (χ2n) is 4.73. The number of benzene rings is 1. The summed E-state index contributed by atoms with van der Waals surface area (Å²) in [4.78, 5) is 2.30. The zero-order chi connectivity index (χ0) is 13.4. The van der Waals surface area contributed by atoms with E-state index in [0.29, 0.717) is 6.04 Å². The largest absolute Gasteiger partial charge is 0.317 e. The smallest absolute Gasteiger partial charge is 0.0991 e. The van der Waals surface area contributed by atoms with E-state index in [9.17, 15) is 0 Å². The van der Waals surface area contributed by atoms with Crippen molar-refractivity contribution in [3.8, 4) is 6.07 Å². The molecular formula is C15H23N3. The first-order chi connectivity index (χ1) is 8.69. The molecule has 0 bridgehead atoms. The van der Waals surface area contributed by atoms with Crippen LogP contribution < -0.4 is 5.32 Å². The Kier molecular flexibility index (Phi) is 6.42. The van der Waals surface area contributed by atoms with Crippen molar-refractivity contribution >= 4 is 0 Å². The summed E-state index contributed by atoms with van der Waals surface area (Å²) >= 11 is 0. The minimum absolute atomic E-state index is 0.595. The van der Waals surface area contributed by atoms with E-state index in [2.05, 4.69) is 36.3 Å². The second-order valence-corrected chi connectivity index (χ2v) is 4.73. The highest BCUT2D eigenvalue weighted by Gasteiger charge is 2.06. The van der Waals surface area contributed by atoms with E-state index >= 15 is 0 Å². The lowest BCUT2D eigenvalue weighted by molar-refractivity contribution is 0.301. The summed E-state index contributed by atoms with van der Waals surface area (Å²) in [5, 5.41) is 12.2. The Balaban J connectivity index is 2.44. The molecule has 0 aliphatic rings. The van der Waals surface area contributed by atoms with Crippen LogP contribution in [0, 0.1) is 11.3 Å². The maximum Gasteiger partial charge on any atom is 0.0991 e. The van der Waals surface area contributed by atoms with E-state index in [0.717, 1.165) is 31.5 Å². The van der Waals surface area contributed by atoms with Crippen molar-refractivity contribution < 1.29 is 0 Å². The average Bonchev–Trinajstić information content (AvgIpc) is 2.40. The van der Waals surface area contributed by atoms with Gasteiger partial charge in [0.05, 0.1) is 11.6 Å². The van der Waals surface area contributed by atoms with Crippen LogP contribution in [0.5, 0.6) is 0 Å². The van der Waals surface area contributed by atoms with Crippen molar-refractivity contribution in [2.24, 2.45) is 0 Å². The van der Waals surface area contributed by atoms with Crippen molar-refractivity contribution in [2.75, 3.05) is 20.6 Å². The first kappa shape index (κ1) is 14.7. The lowest BCUT2D eigenvalue weighted by atomic mass is 10.1. The normalized spacial score (nSPS) is 12.4. The summed E-state index contributed by atoms with van der Waals surface area (Å²) in [7, 11) is 4.14. The summed E-state index contributed by atoms with van der Waals surface area (Å²) in [6, 6.07) is 10.6. The molecule has 1 unspecified atom stereocenters. The van der Waals surface area contributed by atoms with Crippen LogP contribution in [0.15, 0.2) is 24.3 Å². The Morgan fingerprint density at radius 2 is 2.22 bits per heavy atom. The summed E-state index contributed by atoms with van der Waals surface area (Å²) in [6.45, 7) is 4.17. The Labute approximate surface area is 110 Å². The molecule has 0 aliphatic carbocycles. The molecule has 0 saturated heterocycles. The maximum atomic E-state index is 8.86. The van der Waals surface area contributed by atoms with Crippen LogP contribution in [-0.4, -0.2) is 31.6 Å². The van der Waals surface area contributed by atoms with Gasteiger partial charge in [0.25, 0.3) is 0 Å². The predicted octanol–water partition coefficient (Wildman–Crippen LogP) is 2.38. The zero-order valence-corrected chi connectivity index (χ0v) is 11.6. The number of hydrogen-bond acceptors (Lipinski definition) is 3. The molecule has 98 valence electrons. The van der Waals surface area contributed by atoms with Crippen molar-refractivity contribution in [2.45, 2.75) is 32.4 Å². The fraction of sp³-hybridized carbons (Fsp3) is 0.533. The number of nitrogens with one attached hydrogen (secondary N) is 1. The van der Waals surface area contributed by atoms with Crippen LogP contribution >= 0.6 is 0 Å². The van der Waals surface area contributed by atoms with Crippen LogP contribution in [0.2, 0.25) is 0 Å². The Hall–Kier alpha value is -1.37. The van der Waals surface area contributed by atoms with Gasteiger partial charge in [-0.2, -0.15) is 5.26 Å². The van der Waals surface area contributed by atoms with Crippen molar-refractivity contribution in [3.05, 3.63) is 35.4 Å². The van der Waals surface area contributed by atoms with Crippen molar-refractivity contribution in [3.63, 3.8) is 0 Å². The van der Waals surface area contributed by atoms with Crippen LogP contribution in [0.1, 0.15) is 30.9 Å². The molecule has 0 spiro atoms. The summed E-state index contributed by atoms with van der Waals surface area (Å²) in [5.41, 5.74) is 1.94. The molecule has 3 heteroatoms. The van der Waals surface area contributed by atoms with Crippen LogP contribution in [-0.2, 0) is 6.54 Å². The second kappa shape index (κ2) is 7.86. The average molecular weight is 245 g/mol. The first-order valence-corrected chi connectivity index (χ1v) is 6.54. The summed E-state index contributed by atoms with van der Waals surface area (Å²) in [5.74, 6) is 0. The van der Waals surface area contributed by atoms with Gasteiger partial charge in [-0.05, 0) is 51.2 Å². The Bertz CT molecular complexity index is 391. The fourth-order valence-corrected chi connectivity index (χ4v) is 2.06. The van der Waals surface area contributed by atoms with Gasteiger partial charge in [-0.15, -0.1) is 0 Å². The lowest BCUT2D eigenvalue weighted by Crippen LogP contribution is -2.30. The molecule has 1 rings (SSSR count). The lowest BCUT2D eigenvalue weighted by Gasteiger charge is -2.20. The van der Waals surface area contributed by atoms with Gasteiger partial charge in [0.15, 0.2) is 0 Å². The molecule has 0 aromatic heterocycles. The topological polar surface area (TPSA) is 39.1 Å². The minimum atomic E-state index is 0.595. The van der Waals surface area contributed by atoms with Gasteiger partial charge in [0.1, 0.15) is 0 Å². The van der Waals surface area contributed by atoms with Crippen LogP contribution in [0.4, 0.5) is 0 Å². The van der Waals surface area contributed by atoms with E-state index in [4.69, 9.17) is 5.26 Å². The number of hydrogen-bond donors (Lipinski definition) is 1. The molecule has 3 nitrogen and oxygen atoms in total. The Morgan fingerprint density at radius 1 is 1.44 bits per heavy atom. The van der Waals surface area contributed by atoms with E-state index in [1.807, 2.05) is 25.2 Å². The summed E-state index contributed by atoms with van der Waals surface area (Å²) in [6.07, 6.45) is 2.32. The predicted molar refractivity (Wildman–Crippen MR) is 75.2 cm³/mol. The monoisotopic (exact) mass is 245 g/mol. The molecule has 1 aromatic carbocycles. The SMILES string of the molecule is CCC(CCN(C)Cc1cccc(C#N)c1)NC. The third-order valence-corrected chi connectivity index (χ3v) is 3.27. The molecule has 0 saturated carbocycles. The van der Waals surface area contributed by atoms with Gasteiger partial charge in [-0.3, -0.25) is 0 Å². The van der Waals surface area contributed by atoms with Gasteiger partial charge in [0, 0.05) is 12.6 Å². The molecule has 0 amide bonds. The van der Waals surface area contributed by atoms with E-state index in [1.165, 1.54) is 5.56 Å². The molecule has 0 fully saturated rings. The third-order valence-electron chi connectivity index (χ3n) is 3.27. The van der Waals surface area contributed by atoms with Crippen LogP contribution in [0.25, 0.3) is 0 Å². The van der Waals surface area contributed by atoms with Crippen molar-refractivity contribution in [1.82, 2.24) is 10.2 Å². The van der Waals surface area contributed by atoms with Gasteiger partial charge in [0.2, 0.25) is 0 Å². The molecule has 0 radical (unpaired) electrons. The van der Waals surface area contributed by atoms with E-state index in [-0.39, 0.29) is 0 Å². The van der Waals surface area contributed by atoms with Gasteiger partial charge >= 0.3 is 0 Å². The molecule has 0 aliphatic heterocycles. The molecule has 18 heavy (non-hydrogen) atoms. The zero-order valence-electron chi connectivity index (χ0n) is 11.6. The van der Waals surface area contributed by atoms with Gasteiger partial charge in [-0.1, -0.05) is 19.1 Å². The van der Waals surface area contributed by atoms with Gasteiger partial charge in [-0.25, -0.2) is 0 Å². The highest BCUT2D eigenvalue weighted by Crippen LogP contribution is 2.08. The fourth-order valence-electron chi connectivity index (χ4n) is 2.06. The number of nitrogens with zero attached hydrogens (tertiary/aromatic N) is 2. The quantitative estimate of drug-likeness (QED) is 0.801. The van der Waals surface area contributed by atoms with E-state index < -0.39 is 0 Å². The number of rotatable bonds is 7. The highest BCUT2D eigenvalue weighted by atomic mass is 15.1. The van der Waals surface area contributed by atoms with Gasteiger partial charge < -0.3 is 10.2 Å². The third kappa shape index (κ3) is 4.87. The first-order valence-electron chi connectivity index (χ1n) is 6.54. The van der Waals surface area contributed by atoms with Crippen molar-refractivity contribution in [1.29, 1.82) is 5.26 Å². The minimum Gasteiger partial charge on any atom is -0.317 e. The molecule has 0 heterocycles.